The minimum atomic E-state index is -0.770. The van der Waals surface area contributed by atoms with Gasteiger partial charge in [0.1, 0.15) is 0 Å². The summed E-state index contributed by atoms with van der Waals surface area (Å²) >= 11 is 0. The lowest BCUT2D eigenvalue weighted by Gasteiger charge is -2.30. The average Bonchev–Trinajstić information content (AvgIpc) is 2.60. The lowest BCUT2D eigenvalue weighted by molar-refractivity contribution is -0.143. The largest absolute Gasteiger partial charge is 0.502 e. The molecule has 8 nitrogen and oxygen atoms in total. The molecule has 1 aromatic rings. The minimum absolute atomic E-state index is 0.162. The number of amides is 2. The van der Waals surface area contributed by atoms with Crippen molar-refractivity contribution in [1.29, 1.82) is 0 Å². The fourth-order valence-corrected chi connectivity index (χ4v) is 2.75. The highest BCUT2D eigenvalue weighted by Crippen LogP contribution is 2.41. The number of urea groups is 1. The quantitative estimate of drug-likeness (QED) is 0.669. The molecule has 1 aliphatic heterocycles. The number of esters is 1. The number of phenolic OH excluding ortho intramolecular Hbond substituents is 1. The molecule has 1 atom stereocenters. The zero-order chi connectivity index (χ0) is 19.4. The molecule has 1 aliphatic rings. The van der Waals surface area contributed by atoms with Gasteiger partial charge < -0.3 is 30.0 Å². The Hall–Kier alpha value is -2.90. The van der Waals surface area contributed by atoms with Crippen LogP contribution in [0.3, 0.4) is 0 Å². The Balaban J connectivity index is 2.60. The van der Waals surface area contributed by atoms with Crippen LogP contribution in [0.15, 0.2) is 23.4 Å². The highest BCUT2D eigenvalue weighted by Gasteiger charge is 2.34. The van der Waals surface area contributed by atoms with Gasteiger partial charge in [-0.05, 0) is 38.0 Å². The molecule has 1 heterocycles. The van der Waals surface area contributed by atoms with Crippen molar-refractivity contribution in [3.05, 3.63) is 29.0 Å². The van der Waals surface area contributed by atoms with Gasteiger partial charge in [-0.15, -0.1) is 0 Å². The van der Waals surface area contributed by atoms with E-state index in [0.717, 1.165) is 0 Å². The first-order valence-corrected chi connectivity index (χ1v) is 8.28. The van der Waals surface area contributed by atoms with E-state index in [-0.39, 0.29) is 23.4 Å². The van der Waals surface area contributed by atoms with E-state index in [4.69, 9.17) is 14.2 Å². The standard InChI is InChI=1S/C18H24N2O6/c1-6-11-14(17(22)26-9(2)3)15(20-18(23)19-11)10-7-12(24-4)16(21)13(8-10)25-5/h7-9,15,21H,6H2,1-5H3,(H2,19,20,23). The van der Waals surface area contributed by atoms with Crippen LogP contribution in [0.25, 0.3) is 0 Å². The van der Waals surface area contributed by atoms with Gasteiger partial charge in [-0.1, -0.05) is 6.92 Å². The molecule has 0 saturated carbocycles. The first-order valence-electron chi connectivity index (χ1n) is 8.28. The van der Waals surface area contributed by atoms with Gasteiger partial charge in [0.05, 0.1) is 31.9 Å². The summed E-state index contributed by atoms with van der Waals surface area (Å²) in [4.78, 5) is 24.7. The number of allylic oxidation sites excluding steroid dienone is 1. The first kappa shape index (κ1) is 19.4. The van der Waals surface area contributed by atoms with Crippen LogP contribution in [0.5, 0.6) is 17.2 Å². The number of benzene rings is 1. The summed E-state index contributed by atoms with van der Waals surface area (Å²) in [6, 6.07) is 1.89. The lowest BCUT2D eigenvalue weighted by atomic mass is 9.93. The third kappa shape index (κ3) is 3.84. The summed E-state index contributed by atoms with van der Waals surface area (Å²) in [5.74, 6) is -0.353. The van der Waals surface area contributed by atoms with Gasteiger partial charge >= 0.3 is 12.0 Å². The average molecular weight is 364 g/mol. The molecule has 3 N–H and O–H groups in total. The molecule has 0 aromatic heterocycles. The first-order chi connectivity index (χ1) is 12.3. The van der Waals surface area contributed by atoms with Crippen LogP contribution in [0.4, 0.5) is 4.79 Å². The van der Waals surface area contributed by atoms with E-state index < -0.39 is 18.0 Å². The third-order valence-electron chi connectivity index (χ3n) is 3.91. The Morgan fingerprint density at radius 2 is 1.81 bits per heavy atom. The van der Waals surface area contributed by atoms with Crippen molar-refractivity contribution in [2.75, 3.05) is 14.2 Å². The Morgan fingerprint density at radius 1 is 1.23 bits per heavy atom. The van der Waals surface area contributed by atoms with Crippen LogP contribution < -0.4 is 20.1 Å². The molecule has 2 rings (SSSR count). The molecule has 0 spiro atoms. The Morgan fingerprint density at radius 3 is 2.27 bits per heavy atom. The maximum absolute atomic E-state index is 12.7. The van der Waals surface area contributed by atoms with Crippen molar-refractivity contribution in [2.45, 2.75) is 39.3 Å². The number of rotatable bonds is 6. The molecule has 0 saturated heterocycles. The SMILES string of the molecule is CCC1=C(C(=O)OC(C)C)C(c2cc(OC)c(O)c(OC)c2)NC(=O)N1. The van der Waals surface area contributed by atoms with Gasteiger partial charge in [0, 0.05) is 5.70 Å². The zero-order valence-electron chi connectivity index (χ0n) is 15.5. The van der Waals surface area contributed by atoms with E-state index in [9.17, 15) is 14.7 Å². The van der Waals surface area contributed by atoms with E-state index in [1.165, 1.54) is 14.2 Å². The minimum Gasteiger partial charge on any atom is -0.502 e. The summed E-state index contributed by atoms with van der Waals surface area (Å²) < 4.78 is 15.7. The van der Waals surface area contributed by atoms with E-state index in [2.05, 4.69) is 10.6 Å². The van der Waals surface area contributed by atoms with Crippen LogP contribution in [-0.2, 0) is 9.53 Å². The van der Waals surface area contributed by atoms with Gasteiger partial charge in [-0.3, -0.25) is 0 Å². The van der Waals surface area contributed by atoms with Crippen molar-refractivity contribution in [3.8, 4) is 17.2 Å². The molecule has 26 heavy (non-hydrogen) atoms. The van der Waals surface area contributed by atoms with Crippen molar-refractivity contribution >= 4 is 12.0 Å². The summed E-state index contributed by atoms with van der Waals surface area (Å²) in [6.45, 7) is 5.33. The van der Waals surface area contributed by atoms with Gasteiger partial charge in [0.15, 0.2) is 11.5 Å². The molecule has 2 amide bonds. The van der Waals surface area contributed by atoms with Crippen LogP contribution >= 0.6 is 0 Å². The number of carbonyl (C=O) groups excluding carboxylic acids is 2. The van der Waals surface area contributed by atoms with Crippen LogP contribution in [0, 0.1) is 0 Å². The molecular weight excluding hydrogens is 340 g/mol. The second-order valence-corrected chi connectivity index (χ2v) is 6.01. The predicted molar refractivity (Wildman–Crippen MR) is 94.2 cm³/mol. The number of hydrogen-bond acceptors (Lipinski definition) is 6. The molecular formula is C18H24N2O6. The number of carbonyl (C=O) groups is 2. The summed E-state index contributed by atoms with van der Waals surface area (Å²) in [5.41, 5.74) is 1.30. The fraction of sp³-hybridized carbons (Fsp3) is 0.444. The van der Waals surface area contributed by atoms with Crippen molar-refractivity contribution in [3.63, 3.8) is 0 Å². The molecule has 1 aromatic carbocycles. The molecule has 142 valence electrons. The molecule has 0 aliphatic carbocycles. The number of methoxy groups -OCH3 is 2. The smallest absolute Gasteiger partial charge is 0.338 e. The van der Waals surface area contributed by atoms with E-state index in [1.807, 2.05) is 6.92 Å². The number of aromatic hydroxyl groups is 1. The summed E-state index contributed by atoms with van der Waals surface area (Å²) in [6.07, 6.45) is 0.133. The van der Waals surface area contributed by atoms with Gasteiger partial charge in [0.25, 0.3) is 0 Å². The molecule has 1 unspecified atom stereocenters. The van der Waals surface area contributed by atoms with E-state index in [0.29, 0.717) is 23.3 Å². The Kier molecular flexibility index (Phi) is 5.97. The highest BCUT2D eigenvalue weighted by molar-refractivity contribution is 5.95. The number of nitrogens with one attached hydrogen (secondary N) is 2. The maximum Gasteiger partial charge on any atom is 0.338 e. The predicted octanol–water partition coefficient (Wildman–Crippen LogP) is 2.38. The molecule has 8 heteroatoms. The van der Waals surface area contributed by atoms with E-state index >= 15 is 0 Å². The number of ether oxygens (including phenoxy) is 3. The van der Waals surface area contributed by atoms with E-state index in [1.54, 1.807) is 26.0 Å². The second-order valence-electron chi connectivity index (χ2n) is 6.01. The normalized spacial score (nSPS) is 16.8. The van der Waals surface area contributed by atoms with Crippen molar-refractivity contribution < 1.29 is 28.9 Å². The van der Waals surface area contributed by atoms with Crippen LogP contribution in [0.2, 0.25) is 0 Å². The summed E-state index contributed by atoms with van der Waals surface area (Å²) in [5, 5.41) is 15.5. The lowest BCUT2D eigenvalue weighted by Crippen LogP contribution is -2.46. The van der Waals surface area contributed by atoms with Crippen LogP contribution in [-0.4, -0.2) is 37.4 Å². The Bertz CT molecular complexity index is 716. The monoisotopic (exact) mass is 364 g/mol. The summed E-state index contributed by atoms with van der Waals surface area (Å²) in [7, 11) is 2.81. The molecule has 0 bridgehead atoms. The molecule has 0 radical (unpaired) electrons. The van der Waals surface area contributed by atoms with Gasteiger partial charge in [-0.2, -0.15) is 0 Å². The second kappa shape index (κ2) is 7.99. The molecule has 0 fully saturated rings. The number of phenols is 1. The number of hydrogen-bond donors (Lipinski definition) is 3. The van der Waals surface area contributed by atoms with Crippen LogP contribution in [0.1, 0.15) is 38.8 Å². The van der Waals surface area contributed by atoms with Gasteiger partial charge in [-0.25, -0.2) is 9.59 Å². The third-order valence-corrected chi connectivity index (χ3v) is 3.91. The van der Waals surface area contributed by atoms with Crippen molar-refractivity contribution in [2.24, 2.45) is 0 Å². The highest BCUT2D eigenvalue weighted by atomic mass is 16.5. The zero-order valence-corrected chi connectivity index (χ0v) is 15.5. The van der Waals surface area contributed by atoms with Gasteiger partial charge in [0.2, 0.25) is 5.75 Å². The fourth-order valence-electron chi connectivity index (χ4n) is 2.75. The maximum atomic E-state index is 12.7. The topological polar surface area (TPSA) is 106 Å². The Labute approximate surface area is 152 Å². The van der Waals surface area contributed by atoms with Crippen molar-refractivity contribution in [1.82, 2.24) is 10.6 Å².